The molecule has 0 aromatic heterocycles. The Balaban J connectivity index is 5.16. The van der Waals surface area contributed by atoms with E-state index in [0.29, 0.717) is 25.7 Å². The van der Waals surface area contributed by atoms with Gasteiger partial charge >= 0.3 is 39.5 Å². The van der Waals surface area contributed by atoms with E-state index in [1.165, 1.54) is 57.8 Å². The number of carbonyl (C=O) groups is 4. The Morgan fingerprint density at radius 1 is 0.397 bits per heavy atom. The lowest BCUT2D eigenvalue weighted by Gasteiger charge is -2.21. The first kappa shape index (κ1) is 71.1. The molecule has 0 amide bonds. The van der Waals surface area contributed by atoms with E-state index < -0.39 is 97.5 Å². The van der Waals surface area contributed by atoms with Gasteiger partial charge in [0.15, 0.2) is 12.2 Å². The van der Waals surface area contributed by atoms with E-state index in [0.717, 1.165) is 115 Å². The Hall–Kier alpha value is -1.94. The molecule has 432 valence electrons. The summed E-state index contributed by atoms with van der Waals surface area (Å²) in [5.74, 6) is -0.689. The van der Waals surface area contributed by atoms with Crippen LogP contribution in [0.2, 0.25) is 0 Å². The zero-order chi connectivity index (χ0) is 54.4. The average molecular weight is 1090 g/mol. The van der Waals surface area contributed by atoms with E-state index in [-0.39, 0.29) is 25.7 Å². The van der Waals surface area contributed by atoms with Crippen molar-refractivity contribution in [1.82, 2.24) is 0 Å². The molecule has 0 radical (unpaired) electrons. The molecule has 0 aromatic rings. The molecule has 0 rings (SSSR count). The Morgan fingerprint density at radius 2 is 0.699 bits per heavy atom. The van der Waals surface area contributed by atoms with Crippen LogP contribution in [0.5, 0.6) is 0 Å². The first-order chi connectivity index (χ1) is 34.9. The summed E-state index contributed by atoms with van der Waals surface area (Å²) in [6.45, 7) is 9.17. The van der Waals surface area contributed by atoms with Crippen molar-refractivity contribution in [2.45, 2.75) is 272 Å². The van der Waals surface area contributed by atoms with Gasteiger partial charge in [-0.25, -0.2) is 9.13 Å². The third kappa shape index (κ3) is 48.2. The number of ether oxygens (including phenoxy) is 4. The molecule has 6 atom stereocenters. The maximum Gasteiger partial charge on any atom is 0.472 e. The summed E-state index contributed by atoms with van der Waals surface area (Å²) in [6.07, 6.45) is 26.0. The second-order valence-electron chi connectivity index (χ2n) is 20.3. The molecule has 0 saturated carbocycles. The molecule has 0 fully saturated rings. The van der Waals surface area contributed by atoms with E-state index >= 15 is 0 Å². The number of esters is 4. The summed E-state index contributed by atoms with van der Waals surface area (Å²) < 4.78 is 67.1. The van der Waals surface area contributed by atoms with Gasteiger partial charge < -0.3 is 33.8 Å². The Morgan fingerprint density at radius 3 is 1.04 bits per heavy atom. The number of hydrogen-bond donors (Lipinski definition) is 3. The van der Waals surface area contributed by atoms with Gasteiger partial charge in [0, 0.05) is 25.7 Å². The van der Waals surface area contributed by atoms with E-state index in [2.05, 4.69) is 41.5 Å². The molecule has 73 heavy (non-hydrogen) atoms. The van der Waals surface area contributed by atoms with Crippen LogP contribution < -0.4 is 0 Å². The van der Waals surface area contributed by atoms with Gasteiger partial charge in [0.2, 0.25) is 0 Å². The molecule has 0 aliphatic rings. The molecule has 0 saturated heterocycles. The van der Waals surface area contributed by atoms with Crippen LogP contribution in [0.15, 0.2) is 0 Å². The highest BCUT2D eigenvalue weighted by Gasteiger charge is 2.30. The van der Waals surface area contributed by atoms with Crippen molar-refractivity contribution in [3.05, 3.63) is 0 Å². The minimum absolute atomic E-state index is 0.0982. The van der Waals surface area contributed by atoms with Crippen LogP contribution in [0.1, 0.15) is 253 Å². The van der Waals surface area contributed by atoms with Gasteiger partial charge in [-0.1, -0.05) is 202 Å². The maximum atomic E-state index is 12.9. The maximum absolute atomic E-state index is 12.9. The monoisotopic (exact) mass is 1090 g/mol. The van der Waals surface area contributed by atoms with Crippen LogP contribution in [-0.2, 0) is 65.4 Å². The summed E-state index contributed by atoms with van der Waals surface area (Å²) in [5, 5.41) is 10.4. The first-order valence-corrected chi connectivity index (χ1v) is 31.5. The molecular weight excluding hydrogens is 983 g/mol. The van der Waals surface area contributed by atoms with Gasteiger partial charge in [-0.05, 0) is 37.5 Å². The van der Waals surface area contributed by atoms with Crippen LogP contribution in [0.25, 0.3) is 0 Å². The van der Waals surface area contributed by atoms with Gasteiger partial charge in [0.1, 0.15) is 19.3 Å². The minimum Gasteiger partial charge on any atom is -0.462 e. The summed E-state index contributed by atoms with van der Waals surface area (Å²) in [7, 11) is -9.85. The van der Waals surface area contributed by atoms with Crippen molar-refractivity contribution in [3.63, 3.8) is 0 Å². The SMILES string of the molecule is CCCCCCCC(=O)OC[C@H](COP(=O)(O)OC[C@H](O)COP(=O)(O)OC[C@@H](COC(=O)CCCCCCCCC(C)CC)OC(=O)CCCCCCCCCCCCC(C)C)OC(=O)CCCCCCC. The molecule has 0 bridgehead atoms. The smallest absolute Gasteiger partial charge is 0.462 e. The van der Waals surface area contributed by atoms with Gasteiger partial charge in [0.05, 0.1) is 26.4 Å². The molecule has 0 aromatic carbocycles. The van der Waals surface area contributed by atoms with Gasteiger partial charge in [-0.3, -0.25) is 37.3 Å². The summed E-state index contributed by atoms with van der Waals surface area (Å²) in [5.41, 5.74) is 0. The fourth-order valence-electron chi connectivity index (χ4n) is 7.73. The first-order valence-electron chi connectivity index (χ1n) is 28.5. The van der Waals surface area contributed by atoms with Crippen molar-refractivity contribution in [3.8, 4) is 0 Å². The second-order valence-corrected chi connectivity index (χ2v) is 23.2. The Kier molecular flexibility index (Phi) is 46.0. The van der Waals surface area contributed by atoms with Crippen LogP contribution in [-0.4, -0.2) is 96.7 Å². The highest BCUT2D eigenvalue weighted by molar-refractivity contribution is 7.47. The van der Waals surface area contributed by atoms with Crippen molar-refractivity contribution in [2.75, 3.05) is 39.6 Å². The number of aliphatic hydroxyl groups is 1. The van der Waals surface area contributed by atoms with Crippen LogP contribution >= 0.6 is 15.6 Å². The van der Waals surface area contributed by atoms with Crippen molar-refractivity contribution in [1.29, 1.82) is 0 Å². The second kappa shape index (κ2) is 47.3. The molecule has 19 heteroatoms. The van der Waals surface area contributed by atoms with Crippen molar-refractivity contribution < 1.29 is 80.2 Å². The summed E-state index contributed by atoms with van der Waals surface area (Å²) >= 11 is 0. The Bertz CT molecular complexity index is 1470. The molecular formula is C54H104O17P2. The molecule has 3 unspecified atom stereocenters. The normalized spacial score (nSPS) is 15.0. The fourth-order valence-corrected chi connectivity index (χ4v) is 9.31. The van der Waals surface area contributed by atoms with Crippen LogP contribution in [0.4, 0.5) is 0 Å². The zero-order valence-corrected chi connectivity index (χ0v) is 48.2. The molecule has 0 aliphatic heterocycles. The summed E-state index contributed by atoms with van der Waals surface area (Å²) in [6, 6.07) is 0. The minimum atomic E-state index is -4.93. The predicted molar refractivity (Wildman–Crippen MR) is 285 cm³/mol. The van der Waals surface area contributed by atoms with Gasteiger partial charge in [-0.15, -0.1) is 0 Å². The number of aliphatic hydroxyl groups excluding tert-OH is 1. The third-order valence-electron chi connectivity index (χ3n) is 12.6. The number of phosphoric acid groups is 2. The number of unbranched alkanes of at least 4 members (excludes halogenated alkanes) is 22. The van der Waals surface area contributed by atoms with Gasteiger partial charge in [-0.2, -0.15) is 0 Å². The number of hydrogen-bond acceptors (Lipinski definition) is 15. The van der Waals surface area contributed by atoms with E-state index in [9.17, 15) is 43.2 Å². The van der Waals surface area contributed by atoms with E-state index in [4.69, 9.17) is 37.0 Å². The molecule has 0 aliphatic carbocycles. The fraction of sp³-hybridized carbons (Fsp3) is 0.926. The predicted octanol–water partition coefficient (Wildman–Crippen LogP) is 13.7. The largest absolute Gasteiger partial charge is 0.472 e. The highest BCUT2D eigenvalue weighted by Crippen LogP contribution is 2.45. The van der Waals surface area contributed by atoms with Gasteiger partial charge in [0.25, 0.3) is 0 Å². The summed E-state index contributed by atoms with van der Waals surface area (Å²) in [4.78, 5) is 71.2. The van der Waals surface area contributed by atoms with Crippen LogP contribution in [0, 0.1) is 11.8 Å². The molecule has 3 N–H and O–H groups in total. The van der Waals surface area contributed by atoms with Crippen molar-refractivity contribution >= 4 is 39.5 Å². The molecule has 0 heterocycles. The van der Waals surface area contributed by atoms with Crippen molar-refractivity contribution in [2.24, 2.45) is 11.8 Å². The van der Waals surface area contributed by atoms with E-state index in [1.807, 2.05) is 0 Å². The lowest BCUT2D eigenvalue weighted by molar-refractivity contribution is -0.161. The third-order valence-corrected chi connectivity index (χ3v) is 14.5. The average Bonchev–Trinajstić information content (AvgIpc) is 3.35. The number of rotatable bonds is 53. The van der Waals surface area contributed by atoms with E-state index in [1.54, 1.807) is 0 Å². The lowest BCUT2D eigenvalue weighted by Crippen LogP contribution is -2.30. The molecule has 17 nitrogen and oxygen atoms in total. The topological polar surface area (TPSA) is 237 Å². The standard InChI is InChI=1S/C54H104O17P2/c1-7-10-12-22-30-36-51(56)64-42-49(70-53(58)38-32-23-13-11-8-2)44-68-72(60,61)66-40-48(55)41-67-73(62,63)69-45-50(43-65-52(57)37-31-26-21-20-25-29-35-47(6)9-3)71-54(59)39-33-27-19-17-15-14-16-18-24-28-34-46(4)5/h46-50,55H,7-45H2,1-6H3,(H,60,61)(H,62,63)/t47?,48-,49+,50+/m0/s1. The highest BCUT2D eigenvalue weighted by atomic mass is 31.2. The molecule has 0 spiro atoms. The Labute approximate surface area is 441 Å². The quantitative estimate of drug-likeness (QED) is 0.0222. The number of phosphoric ester groups is 2. The lowest BCUT2D eigenvalue weighted by atomic mass is 10.00. The van der Waals surface area contributed by atoms with Crippen LogP contribution in [0.3, 0.4) is 0 Å². The zero-order valence-electron chi connectivity index (χ0n) is 46.4. The number of carbonyl (C=O) groups excluding carboxylic acids is 4.